The van der Waals surface area contributed by atoms with Gasteiger partial charge in [-0.05, 0) is 111 Å². The van der Waals surface area contributed by atoms with Crippen LogP contribution < -0.4 is 0 Å². The van der Waals surface area contributed by atoms with Crippen LogP contribution in [0.3, 0.4) is 0 Å². The Morgan fingerprint density at radius 2 is 1.45 bits per heavy atom. The third-order valence-corrected chi connectivity index (χ3v) is 17.4. The van der Waals surface area contributed by atoms with Gasteiger partial charge in [-0.1, -0.05) is 53.2 Å². The van der Waals surface area contributed by atoms with Crippen molar-refractivity contribution in [2.45, 2.75) is 174 Å². The summed E-state index contributed by atoms with van der Waals surface area (Å²) in [5, 5.41) is 85.4. The molecule has 0 aromatic carbocycles. The largest absolute Gasteiger partial charge is 0.481 e. The number of allylic oxidation sites excluding steroid dienone is 1. The van der Waals surface area contributed by atoms with Crippen LogP contribution in [-0.2, 0) is 28.5 Å². The van der Waals surface area contributed by atoms with E-state index in [1.165, 1.54) is 0 Å². The highest BCUT2D eigenvalue weighted by atomic mass is 16.8. The first-order valence-corrected chi connectivity index (χ1v) is 20.9. The van der Waals surface area contributed by atoms with Gasteiger partial charge in [0.05, 0.1) is 29.6 Å². The summed E-state index contributed by atoms with van der Waals surface area (Å²) in [6, 6.07) is 0. The minimum absolute atomic E-state index is 0.00710. The van der Waals surface area contributed by atoms with Gasteiger partial charge in [-0.2, -0.15) is 0 Å². The lowest BCUT2D eigenvalue weighted by molar-refractivity contribution is -0.375. The number of rotatable bonds is 7. The van der Waals surface area contributed by atoms with Crippen molar-refractivity contribution in [3.05, 3.63) is 11.6 Å². The van der Waals surface area contributed by atoms with Crippen molar-refractivity contribution < 1.29 is 69.4 Å². The quantitative estimate of drug-likeness (QED) is 0.137. The fourth-order valence-electron chi connectivity index (χ4n) is 14.0. The molecule has 6 unspecified atom stereocenters. The van der Waals surface area contributed by atoms with E-state index in [0.29, 0.717) is 44.9 Å². The van der Waals surface area contributed by atoms with Crippen LogP contribution >= 0.6 is 0 Å². The molecule has 2 saturated heterocycles. The van der Waals surface area contributed by atoms with Crippen molar-refractivity contribution in [2.24, 2.45) is 56.7 Å². The van der Waals surface area contributed by atoms with Crippen LogP contribution in [0.2, 0.25) is 0 Å². The van der Waals surface area contributed by atoms with E-state index in [4.69, 9.17) is 18.9 Å². The Morgan fingerprint density at radius 1 is 0.750 bits per heavy atom. The van der Waals surface area contributed by atoms with Crippen LogP contribution in [0.5, 0.6) is 0 Å². The zero-order chi connectivity index (χ0) is 41.1. The summed E-state index contributed by atoms with van der Waals surface area (Å²) in [5.74, 6) is -1.55. The fourth-order valence-corrected chi connectivity index (χ4v) is 14.0. The molecule has 0 bridgehead atoms. The molecule has 2 heterocycles. The van der Waals surface area contributed by atoms with Gasteiger partial charge in [0.1, 0.15) is 42.7 Å². The molecule has 0 aromatic heterocycles. The van der Waals surface area contributed by atoms with E-state index < -0.39 is 108 Å². The molecule has 7 aliphatic rings. The Labute approximate surface area is 329 Å². The van der Waals surface area contributed by atoms with Gasteiger partial charge in [0.15, 0.2) is 12.6 Å². The normalized spacial score (nSPS) is 54.1. The molecule has 5 aliphatic carbocycles. The maximum Gasteiger partial charge on any atom is 0.314 e. The molecule has 6 fully saturated rings. The third kappa shape index (κ3) is 5.85. The Hall–Kier alpha value is -1.72. The number of carboxylic acids is 2. The number of carboxylic acid groups (broad SMARTS) is 2. The van der Waals surface area contributed by atoms with Crippen LogP contribution in [0.15, 0.2) is 11.6 Å². The number of aliphatic carboxylic acids is 2. The van der Waals surface area contributed by atoms with Crippen LogP contribution in [0, 0.1) is 56.7 Å². The molecule has 14 heteroatoms. The predicted octanol–water partition coefficient (Wildman–Crippen LogP) is 2.83. The molecular formula is C42H66O14. The minimum atomic E-state index is -1.74. The SMILES string of the molecule is C[C@@H]1CCC2(C(=O)O)CC[C@]3(C(=O)O)C(=CCC4[C@@]5(C)CCC(O[C@@H]6O[C@@H](C)[C@H](O)[C@@H](O)[C@H]6OC6O[C@H](CO)[C@@H](O)[C@H](O)[C@H]6O)C(C)(C)C5CC[C@]43C)C2[C@H]1C. The maximum absolute atomic E-state index is 14.0. The molecule has 0 spiro atoms. The van der Waals surface area contributed by atoms with Crippen LogP contribution in [-0.4, -0.2) is 127 Å². The smallest absolute Gasteiger partial charge is 0.314 e. The summed E-state index contributed by atoms with van der Waals surface area (Å²) in [6.45, 7) is 14.0. The Balaban J connectivity index is 1.17. The highest BCUT2D eigenvalue weighted by molar-refractivity contribution is 5.84. The number of ether oxygens (including phenoxy) is 4. The molecule has 7 rings (SSSR count). The number of aliphatic hydroxyl groups is 6. The van der Waals surface area contributed by atoms with Crippen molar-refractivity contribution in [2.75, 3.05) is 6.61 Å². The van der Waals surface area contributed by atoms with E-state index in [1.807, 2.05) is 0 Å². The average molecular weight is 795 g/mol. The number of hydrogen-bond acceptors (Lipinski definition) is 12. The zero-order valence-corrected chi connectivity index (χ0v) is 33.9. The summed E-state index contributed by atoms with van der Waals surface area (Å²) in [7, 11) is 0. The van der Waals surface area contributed by atoms with Gasteiger partial charge in [-0.3, -0.25) is 9.59 Å². The van der Waals surface area contributed by atoms with E-state index in [2.05, 4.69) is 47.6 Å². The maximum atomic E-state index is 14.0. The van der Waals surface area contributed by atoms with E-state index >= 15 is 0 Å². The molecule has 20 atom stereocenters. The molecular weight excluding hydrogens is 728 g/mol. The van der Waals surface area contributed by atoms with E-state index in [-0.39, 0.29) is 35.0 Å². The lowest BCUT2D eigenvalue weighted by Crippen LogP contribution is -2.68. The van der Waals surface area contributed by atoms with Gasteiger partial charge in [0, 0.05) is 0 Å². The molecule has 2 aliphatic heterocycles. The van der Waals surface area contributed by atoms with Crippen molar-refractivity contribution in [3.63, 3.8) is 0 Å². The van der Waals surface area contributed by atoms with Gasteiger partial charge in [0.25, 0.3) is 0 Å². The molecule has 318 valence electrons. The van der Waals surface area contributed by atoms with Crippen molar-refractivity contribution in [1.29, 1.82) is 0 Å². The zero-order valence-electron chi connectivity index (χ0n) is 33.9. The monoisotopic (exact) mass is 794 g/mol. The van der Waals surface area contributed by atoms with E-state index in [1.54, 1.807) is 6.92 Å². The predicted molar refractivity (Wildman–Crippen MR) is 198 cm³/mol. The third-order valence-electron chi connectivity index (χ3n) is 17.4. The fraction of sp³-hybridized carbons (Fsp3) is 0.905. The summed E-state index contributed by atoms with van der Waals surface area (Å²) in [6.07, 6.45) is -7.17. The first kappa shape index (κ1) is 42.4. The van der Waals surface area contributed by atoms with Crippen molar-refractivity contribution in [3.8, 4) is 0 Å². The number of carbonyl (C=O) groups is 2. The van der Waals surface area contributed by atoms with Gasteiger partial charge >= 0.3 is 11.9 Å². The van der Waals surface area contributed by atoms with Gasteiger partial charge < -0.3 is 59.8 Å². The van der Waals surface area contributed by atoms with E-state index in [0.717, 1.165) is 18.4 Å². The number of hydrogen-bond donors (Lipinski definition) is 8. The molecule has 4 saturated carbocycles. The molecule has 0 aromatic rings. The van der Waals surface area contributed by atoms with Crippen LogP contribution in [0.1, 0.15) is 106 Å². The van der Waals surface area contributed by atoms with Gasteiger partial charge in [-0.15, -0.1) is 0 Å². The molecule has 56 heavy (non-hydrogen) atoms. The number of fused-ring (bicyclic) bond motifs is 7. The molecule has 8 N–H and O–H groups in total. The summed E-state index contributed by atoms with van der Waals surface area (Å²) in [4.78, 5) is 27.1. The second-order valence-corrected chi connectivity index (χ2v) is 20.0. The second kappa shape index (κ2) is 14.5. The second-order valence-electron chi connectivity index (χ2n) is 20.0. The minimum Gasteiger partial charge on any atom is -0.481 e. The lowest BCUT2D eigenvalue weighted by Gasteiger charge is -2.70. The Kier molecular flexibility index (Phi) is 11.0. The average Bonchev–Trinajstić information content (AvgIpc) is 3.14. The molecule has 0 amide bonds. The van der Waals surface area contributed by atoms with Crippen molar-refractivity contribution >= 4 is 11.9 Å². The first-order valence-electron chi connectivity index (χ1n) is 20.9. The Morgan fingerprint density at radius 3 is 2.09 bits per heavy atom. The van der Waals surface area contributed by atoms with Crippen LogP contribution in [0.4, 0.5) is 0 Å². The topological polar surface area (TPSA) is 233 Å². The van der Waals surface area contributed by atoms with Crippen LogP contribution in [0.25, 0.3) is 0 Å². The molecule has 14 nitrogen and oxygen atoms in total. The van der Waals surface area contributed by atoms with Gasteiger partial charge in [0.2, 0.25) is 0 Å². The number of aliphatic hydroxyl groups excluding tert-OH is 6. The molecule has 0 radical (unpaired) electrons. The highest BCUT2D eigenvalue weighted by Crippen LogP contribution is 2.76. The van der Waals surface area contributed by atoms with E-state index in [9.17, 15) is 50.4 Å². The van der Waals surface area contributed by atoms with Crippen molar-refractivity contribution in [1.82, 2.24) is 0 Å². The summed E-state index contributed by atoms with van der Waals surface area (Å²) in [5.41, 5.74) is -2.68. The van der Waals surface area contributed by atoms with Gasteiger partial charge in [-0.25, -0.2) is 0 Å². The lowest BCUT2D eigenvalue weighted by atomic mass is 9.33. The first-order chi connectivity index (χ1) is 26.1. The summed E-state index contributed by atoms with van der Waals surface area (Å²) < 4.78 is 24.5. The standard InChI is InChI=1S/C42H66O14/c1-19-10-15-41(36(49)50)16-17-42(37(51)52)22(27(41)20(19)2)8-9-25-39(6)13-12-26(38(4,5)24(39)11-14-40(25,42)7)55-35-33(31(47)28(44)21(3)53-35)56-34-32(48)30(46)29(45)23(18-43)54-34/h8,19-21,23-35,43-48H,9-18H2,1-7H3,(H,49,50)(H,51,52)/t19-,20+,21+,23-,24?,25?,26?,27?,28+,29-,30+,31-,32-,33-,34?,35+,39+,40-,41?,42-/m1/s1. The summed E-state index contributed by atoms with van der Waals surface area (Å²) >= 11 is 0. The Bertz CT molecular complexity index is 1550. The highest BCUT2D eigenvalue weighted by Gasteiger charge is 2.73.